The minimum atomic E-state index is -1.02. The Hall–Kier alpha value is -2.15. The van der Waals surface area contributed by atoms with E-state index in [0.29, 0.717) is 10.5 Å². The number of carbonyl (C=O) groups is 2. The number of nitrogens with one attached hydrogen (secondary N) is 1. The van der Waals surface area contributed by atoms with Crippen molar-refractivity contribution in [3.05, 3.63) is 28.8 Å². The van der Waals surface area contributed by atoms with Crippen LogP contribution < -0.4 is 5.32 Å². The maximum atomic E-state index is 11.6. The Morgan fingerprint density at radius 3 is 2.71 bits per heavy atom. The lowest BCUT2D eigenvalue weighted by atomic mass is 10.2. The van der Waals surface area contributed by atoms with Gasteiger partial charge in [-0.25, -0.2) is 14.6 Å². The Morgan fingerprint density at radius 1 is 1.38 bits per heavy atom. The standard InChI is InChI=1S/C14H16N2O4S/c1-14(2,3)20-13(19)15-7-10-16-11-8(12(17)18)5-4-6-9(11)21-10/h4-6H,7H2,1-3H3,(H,15,19)(H,17,18). The van der Waals surface area contributed by atoms with Crippen LogP contribution in [0.15, 0.2) is 18.2 Å². The van der Waals surface area contributed by atoms with E-state index in [4.69, 9.17) is 9.84 Å². The Balaban J connectivity index is 2.12. The van der Waals surface area contributed by atoms with Crippen LogP contribution in [0.1, 0.15) is 36.1 Å². The largest absolute Gasteiger partial charge is 0.478 e. The van der Waals surface area contributed by atoms with Crippen LogP contribution in [0.5, 0.6) is 0 Å². The summed E-state index contributed by atoms with van der Waals surface area (Å²) in [5.74, 6) is -1.02. The molecule has 0 spiro atoms. The van der Waals surface area contributed by atoms with Crippen molar-refractivity contribution in [2.45, 2.75) is 32.9 Å². The van der Waals surface area contributed by atoms with Gasteiger partial charge in [-0.3, -0.25) is 0 Å². The number of ether oxygens (including phenoxy) is 1. The molecule has 21 heavy (non-hydrogen) atoms. The van der Waals surface area contributed by atoms with Crippen LogP contribution in [0.3, 0.4) is 0 Å². The molecule has 1 aromatic heterocycles. The smallest absolute Gasteiger partial charge is 0.408 e. The summed E-state index contributed by atoms with van der Waals surface area (Å²) in [5, 5.41) is 12.3. The van der Waals surface area contributed by atoms with Crippen molar-refractivity contribution in [3.8, 4) is 0 Å². The van der Waals surface area contributed by atoms with Gasteiger partial charge in [0.25, 0.3) is 0 Å². The highest BCUT2D eigenvalue weighted by atomic mass is 32.1. The number of para-hydroxylation sites is 1. The second-order valence-corrected chi connectivity index (χ2v) is 6.54. The van der Waals surface area contributed by atoms with E-state index in [1.54, 1.807) is 32.9 Å². The van der Waals surface area contributed by atoms with E-state index in [9.17, 15) is 9.59 Å². The number of hydrogen-bond acceptors (Lipinski definition) is 5. The van der Waals surface area contributed by atoms with Crippen LogP contribution in [-0.4, -0.2) is 27.8 Å². The monoisotopic (exact) mass is 308 g/mol. The summed E-state index contributed by atoms with van der Waals surface area (Å²) >= 11 is 1.34. The molecule has 0 saturated heterocycles. The fraction of sp³-hybridized carbons (Fsp3) is 0.357. The predicted octanol–water partition coefficient (Wildman–Crippen LogP) is 3.02. The average molecular weight is 308 g/mol. The van der Waals surface area contributed by atoms with E-state index in [2.05, 4.69) is 10.3 Å². The Bertz CT molecular complexity index is 688. The molecule has 0 saturated carbocycles. The minimum Gasteiger partial charge on any atom is -0.478 e. The number of fused-ring (bicyclic) bond motifs is 1. The van der Waals surface area contributed by atoms with Crippen molar-refractivity contribution in [2.24, 2.45) is 0 Å². The van der Waals surface area contributed by atoms with Gasteiger partial charge < -0.3 is 15.2 Å². The molecule has 0 radical (unpaired) electrons. The van der Waals surface area contributed by atoms with E-state index in [-0.39, 0.29) is 12.1 Å². The number of amides is 1. The molecule has 0 aliphatic rings. The number of alkyl carbamates (subject to hydrolysis) is 1. The van der Waals surface area contributed by atoms with Gasteiger partial charge in [-0.05, 0) is 32.9 Å². The van der Waals surface area contributed by atoms with Crippen LogP contribution in [0.25, 0.3) is 10.2 Å². The molecule has 0 fully saturated rings. The first-order valence-electron chi connectivity index (χ1n) is 6.35. The van der Waals surface area contributed by atoms with Crippen molar-refractivity contribution < 1.29 is 19.4 Å². The van der Waals surface area contributed by atoms with E-state index in [1.165, 1.54) is 17.4 Å². The number of rotatable bonds is 3. The zero-order valence-electron chi connectivity index (χ0n) is 12.0. The second kappa shape index (κ2) is 5.69. The fourth-order valence-corrected chi connectivity index (χ4v) is 2.64. The summed E-state index contributed by atoms with van der Waals surface area (Å²) in [6.45, 7) is 5.55. The second-order valence-electron chi connectivity index (χ2n) is 5.42. The number of carboxylic acid groups (broad SMARTS) is 1. The molecule has 112 valence electrons. The number of benzene rings is 1. The molecule has 2 rings (SSSR count). The zero-order valence-corrected chi connectivity index (χ0v) is 12.8. The maximum absolute atomic E-state index is 11.6. The number of carboxylic acids is 1. The Kier molecular flexibility index (Phi) is 4.13. The zero-order chi connectivity index (χ0) is 15.6. The number of aromatic nitrogens is 1. The third-order valence-corrected chi connectivity index (χ3v) is 3.50. The first-order chi connectivity index (χ1) is 9.76. The molecular weight excluding hydrogens is 292 g/mol. The molecule has 7 heteroatoms. The molecule has 1 aromatic carbocycles. The molecule has 0 atom stereocenters. The minimum absolute atomic E-state index is 0.160. The number of aromatic carboxylic acids is 1. The topological polar surface area (TPSA) is 88.5 Å². The van der Waals surface area contributed by atoms with Gasteiger partial charge >= 0.3 is 12.1 Å². The molecule has 2 N–H and O–H groups in total. The quantitative estimate of drug-likeness (QED) is 0.910. The third kappa shape index (κ3) is 3.91. The molecular formula is C14H16N2O4S. The molecule has 0 unspecified atom stereocenters. The number of thiazole rings is 1. The van der Waals surface area contributed by atoms with Gasteiger partial charge in [-0.2, -0.15) is 0 Å². The summed E-state index contributed by atoms with van der Waals surface area (Å²) < 4.78 is 5.90. The summed E-state index contributed by atoms with van der Waals surface area (Å²) in [7, 11) is 0. The van der Waals surface area contributed by atoms with E-state index in [1.807, 2.05) is 0 Å². The lowest BCUT2D eigenvalue weighted by molar-refractivity contribution is 0.0522. The van der Waals surface area contributed by atoms with Gasteiger partial charge in [-0.15, -0.1) is 11.3 Å². The van der Waals surface area contributed by atoms with Crippen molar-refractivity contribution in [2.75, 3.05) is 0 Å². The summed E-state index contributed by atoms with van der Waals surface area (Å²) in [6.07, 6.45) is -0.528. The van der Waals surface area contributed by atoms with Gasteiger partial charge in [0.15, 0.2) is 0 Å². The lowest BCUT2D eigenvalue weighted by Crippen LogP contribution is -2.32. The molecule has 2 aromatic rings. The summed E-state index contributed by atoms with van der Waals surface area (Å²) in [6, 6.07) is 4.99. The van der Waals surface area contributed by atoms with Gasteiger partial charge in [-0.1, -0.05) is 6.07 Å². The van der Waals surface area contributed by atoms with Crippen molar-refractivity contribution in [1.82, 2.24) is 10.3 Å². The highest BCUT2D eigenvalue weighted by molar-refractivity contribution is 7.18. The van der Waals surface area contributed by atoms with Crippen LogP contribution in [-0.2, 0) is 11.3 Å². The highest BCUT2D eigenvalue weighted by Crippen LogP contribution is 2.25. The van der Waals surface area contributed by atoms with Gasteiger partial charge in [0.1, 0.15) is 10.6 Å². The first-order valence-corrected chi connectivity index (χ1v) is 7.16. The molecule has 0 aliphatic heterocycles. The molecule has 0 aliphatic carbocycles. The normalized spacial score (nSPS) is 11.4. The Morgan fingerprint density at radius 2 is 2.10 bits per heavy atom. The van der Waals surface area contributed by atoms with E-state index in [0.717, 1.165) is 4.70 Å². The number of carbonyl (C=O) groups excluding carboxylic acids is 1. The van der Waals surface area contributed by atoms with Crippen molar-refractivity contribution >= 4 is 33.6 Å². The van der Waals surface area contributed by atoms with Gasteiger partial charge in [0.05, 0.1) is 22.3 Å². The molecule has 0 bridgehead atoms. The number of nitrogens with zero attached hydrogens (tertiary/aromatic N) is 1. The van der Waals surface area contributed by atoms with Gasteiger partial charge in [0.2, 0.25) is 0 Å². The van der Waals surface area contributed by atoms with Gasteiger partial charge in [0, 0.05) is 0 Å². The maximum Gasteiger partial charge on any atom is 0.408 e. The third-order valence-electron chi connectivity index (χ3n) is 2.48. The lowest BCUT2D eigenvalue weighted by Gasteiger charge is -2.19. The molecule has 1 heterocycles. The summed E-state index contributed by atoms with van der Waals surface area (Å²) in [4.78, 5) is 27.0. The van der Waals surface area contributed by atoms with Crippen LogP contribution >= 0.6 is 11.3 Å². The van der Waals surface area contributed by atoms with E-state index < -0.39 is 17.7 Å². The molecule has 6 nitrogen and oxygen atoms in total. The van der Waals surface area contributed by atoms with Crippen LogP contribution in [0.2, 0.25) is 0 Å². The summed E-state index contributed by atoms with van der Waals surface area (Å²) in [5.41, 5.74) is 0.0389. The molecule has 1 amide bonds. The van der Waals surface area contributed by atoms with Crippen LogP contribution in [0.4, 0.5) is 4.79 Å². The number of hydrogen-bond donors (Lipinski definition) is 2. The highest BCUT2D eigenvalue weighted by Gasteiger charge is 2.17. The van der Waals surface area contributed by atoms with Crippen LogP contribution in [0, 0.1) is 0 Å². The van der Waals surface area contributed by atoms with E-state index >= 15 is 0 Å². The van der Waals surface area contributed by atoms with Crippen molar-refractivity contribution in [3.63, 3.8) is 0 Å². The Labute approximate surface area is 125 Å². The first kappa shape index (κ1) is 15.2. The van der Waals surface area contributed by atoms with Crippen molar-refractivity contribution in [1.29, 1.82) is 0 Å². The SMILES string of the molecule is CC(C)(C)OC(=O)NCc1nc2c(C(=O)O)cccc2s1. The fourth-order valence-electron chi connectivity index (χ4n) is 1.70. The average Bonchev–Trinajstić information content (AvgIpc) is 2.76. The predicted molar refractivity (Wildman–Crippen MR) is 79.7 cm³/mol.